The number of rotatable bonds is 3. The van der Waals surface area contributed by atoms with Crippen molar-refractivity contribution in [1.29, 1.82) is 0 Å². The number of nitrogens with two attached hydrogens (primary N) is 1. The van der Waals surface area contributed by atoms with E-state index < -0.39 is 12.0 Å². The lowest BCUT2D eigenvalue weighted by molar-refractivity contribution is -0.146. The first-order valence-corrected chi connectivity index (χ1v) is 4.06. The highest BCUT2D eigenvalue weighted by molar-refractivity contribution is 4.95. The first-order valence-electron chi connectivity index (χ1n) is 4.06. The number of hydrogen-bond donors (Lipinski definition) is 1. The summed E-state index contributed by atoms with van der Waals surface area (Å²) in [5, 5.41) is 2.84. The van der Waals surface area contributed by atoms with Gasteiger partial charge in [0.05, 0.1) is 0 Å². The third-order valence-corrected chi connectivity index (χ3v) is 1.72. The Morgan fingerprint density at radius 1 is 1.50 bits per heavy atom. The third kappa shape index (κ3) is 2.44. The zero-order chi connectivity index (χ0) is 10.8. The lowest BCUT2D eigenvalue weighted by Gasteiger charge is -2.02. The second-order valence-corrected chi connectivity index (χ2v) is 2.93. The predicted molar refractivity (Wildman–Crippen MR) is 41.4 cm³/mol. The fourth-order valence-electron chi connectivity index (χ4n) is 0.924. The highest BCUT2D eigenvalue weighted by Crippen LogP contribution is 2.28. The minimum absolute atomic E-state index is 0.0252. The molecule has 0 aliphatic heterocycles. The number of nitrogens with zero attached hydrogens (tertiary/aromatic N) is 2. The highest BCUT2D eigenvalue weighted by atomic mass is 19.4. The van der Waals surface area contributed by atoms with E-state index in [2.05, 4.69) is 14.7 Å². The highest BCUT2D eigenvalue weighted by Gasteiger charge is 2.37. The molecule has 0 saturated carbocycles. The van der Waals surface area contributed by atoms with Gasteiger partial charge in [-0.1, -0.05) is 12.1 Å². The number of alkyl halides is 3. The topological polar surface area (TPSA) is 64.9 Å². The molecule has 1 rings (SSSR count). The molecule has 80 valence electrons. The average Bonchev–Trinajstić information content (AvgIpc) is 2.51. The molecule has 2 N–H and O–H groups in total. The summed E-state index contributed by atoms with van der Waals surface area (Å²) < 4.78 is 40.6. The van der Waals surface area contributed by atoms with Crippen LogP contribution < -0.4 is 5.73 Å². The standard InChI is InChI=1S/C7H10F3N3O/c1-4(2-3-11)5-12-6(13-14-5)7(8,9)10/h4H,2-3,11H2,1H3. The fourth-order valence-corrected chi connectivity index (χ4v) is 0.924. The molecule has 1 aromatic heterocycles. The molecule has 0 amide bonds. The van der Waals surface area contributed by atoms with Crippen LogP contribution in [0.5, 0.6) is 0 Å². The average molecular weight is 209 g/mol. The molecule has 1 unspecified atom stereocenters. The monoisotopic (exact) mass is 209 g/mol. The van der Waals surface area contributed by atoms with E-state index in [0.29, 0.717) is 13.0 Å². The van der Waals surface area contributed by atoms with Crippen molar-refractivity contribution in [3.63, 3.8) is 0 Å². The summed E-state index contributed by atoms with van der Waals surface area (Å²) in [6, 6.07) is 0. The van der Waals surface area contributed by atoms with E-state index in [4.69, 9.17) is 5.73 Å². The van der Waals surface area contributed by atoms with Gasteiger partial charge in [-0.25, -0.2) is 0 Å². The minimum atomic E-state index is -4.55. The van der Waals surface area contributed by atoms with Gasteiger partial charge < -0.3 is 10.3 Å². The van der Waals surface area contributed by atoms with Crippen LogP contribution in [0.1, 0.15) is 31.0 Å². The molecule has 1 aromatic rings. The van der Waals surface area contributed by atoms with E-state index in [1.54, 1.807) is 6.92 Å². The Labute approximate surface area is 78.3 Å². The van der Waals surface area contributed by atoms with Crippen LogP contribution in [0.4, 0.5) is 13.2 Å². The van der Waals surface area contributed by atoms with E-state index in [1.165, 1.54) is 0 Å². The summed E-state index contributed by atoms with van der Waals surface area (Å²) in [6.45, 7) is 2.05. The molecule has 0 fully saturated rings. The molecule has 1 atom stereocenters. The van der Waals surface area contributed by atoms with E-state index in [-0.39, 0.29) is 11.8 Å². The Morgan fingerprint density at radius 2 is 2.14 bits per heavy atom. The van der Waals surface area contributed by atoms with Crippen LogP contribution in [-0.2, 0) is 6.18 Å². The third-order valence-electron chi connectivity index (χ3n) is 1.72. The molecule has 0 bridgehead atoms. The van der Waals surface area contributed by atoms with Crippen LogP contribution in [0.25, 0.3) is 0 Å². The summed E-state index contributed by atoms with van der Waals surface area (Å²) in [5.74, 6) is -1.51. The smallest absolute Gasteiger partial charge is 0.339 e. The molecule has 0 saturated heterocycles. The quantitative estimate of drug-likeness (QED) is 0.820. The van der Waals surface area contributed by atoms with Gasteiger partial charge in [-0.05, 0) is 13.0 Å². The summed E-state index contributed by atoms with van der Waals surface area (Å²) >= 11 is 0. The number of halogens is 3. The first kappa shape index (κ1) is 11.0. The van der Waals surface area contributed by atoms with Gasteiger partial charge in [0.25, 0.3) is 5.82 Å². The molecule has 0 spiro atoms. The van der Waals surface area contributed by atoms with Gasteiger partial charge in [0.1, 0.15) is 0 Å². The van der Waals surface area contributed by atoms with Crippen molar-refractivity contribution < 1.29 is 17.7 Å². The maximum absolute atomic E-state index is 12.0. The van der Waals surface area contributed by atoms with Gasteiger partial charge in [0.15, 0.2) is 0 Å². The normalized spacial score (nSPS) is 14.4. The van der Waals surface area contributed by atoms with Crippen LogP contribution in [0.3, 0.4) is 0 Å². The Hall–Kier alpha value is -1.11. The van der Waals surface area contributed by atoms with Crippen molar-refractivity contribution in [2.24, 2.45) is 5.73 Å². The summed E-state index contributed by atoms with van der Waals surface area (Å²) in [6.07, 6.45) is -4.04. The van der Waals surface area contributed by atoms with E-state index in [1.807, 2.05) is 0 Å². The maximum Gasteiger partial charge on any atom is 0.455 e. The second-order valence-electron chi connectivity index (χ2n) is 2.93. The van der Waals surface area contributed by atoms with E-state index in [0.717, 1.165) is 0 Å². The zero-order valence-electron chi connectivity index (χ0n) is 7.51. The van der Waals surface area contributed by atoms with Crippen LogP contribution in [0.2, 0.25) is 0 Å². The Bertz CT molecular complexity index is 297. The number of hydrogen-bond acceptors (Lipinski definition) is 4. The zero-order valence-corrected chi connectivity index (χ0v) is 7.51. The lowest BCUT2D eigenvalue weighted by atomic mass is 10.1. The van der Waals surface area contributed by atoms with Crippen molar-refractivity contribution >= 4 is 0 Å². The van der Waals surface area contributed by atoms with E-state index in [9.17, 15) is 13.2 Å². The minimum Gasteiger partial charge on any atom is -0.339 e. The molecule has 0 radical (unpaired) electrons. The molecule has 0 aliphatic carbocycles. The first-order chi connectivity index (χ1) is 6.45. The van der Waals surface area contributed by atoms with Crippen LogP contribution in [0.15, 0.2) is 4.52 Å². The molecule has 14 heavy (non-hydrogen) atoms. The summed E-state index contributed by atoms with van der Waals surface area (Å²) in [5.41, 5.74) is 5.25. The summed E-state index contributed by atoms with van der Waals surface area (Å²) in [7, 11) is 0. The summed E-state index contributed by atoms with van der Waals surface area (Å²) in [4.78, 5) is 3.24. The van der Waals surface area contributed by atoms with Crippen molar-refractivity contribution in [1.82, 2.24) is 10.1 Å². The molecular weight excluding hydrogens is 199 g/mol. The predicted octanol–water partition coefficient (Wildman–Crippen LogP) is 1.54. The van der Waals surface area contributed by atoms with Gasteiger partial charge in [-0.3, -0.25) is 0 Å². The van der Waals surface area contributed by atoms with Crippen molar-refractivity contribution in [3.8, 4) is 0 Å². The van der Waals surface area contributed by atoms with Crippen molar-refractivity contribution in [2.75, 3.05) is 6.54 Å². The largest absolute Gasteiger partial charge is 0.455 e. The molecule has 1 heterocycles. The molecule has 4 nitrogen and oxygen atoms in total. The van der Waals surface area contributed by atoms with Gasteiger partial charge in [0, 0.05) is 5.92 Å². The lowest BCUT2D eigenvalue weighted by Crippen LogP contribution is -2.08. The molecule has 7 heteroatoms. The number of aromatic nitrogens is 2. The van der Waals surface area contributed by atoms with Crippen LogP contribution in [0, 0.1) is 0 Å². The van der Waals surface area contributed by atoms with Crippen LogP contribution in [-0.4, -0.2) is 16.7 Å². The second kappa shape index (κ2) is 3.95. The molecule has 0 aromatic carbocycles. The fraction of sp³-hybridized carbons (Fsp3) is 0.714. The van der Waals surface area contributed by atoms with Crippen molar-refractivity contribution in [2.45, 2.75) is 25.4 Å². The van der Waals surface area contributed by atoms with Gasteiger partial charge in [0.2, 0.25) is 5.89 Å². The maximum atomic E-state index is 12.0. The Kier molecular flexibility index (Phi) is 3.10. The van der Waals surface area contributed by atoms with Crippen molar-refractivity contribution in [3.05, 3.63) is 11.7 Å². The Balaban J connectivity index is 2.78. The Morgan fingerprint density at radius 3 is 2.57 bits per heavy atom. The SMILES string of the molecule is CC(CCN)c1nc(C(F)(F)F)no1. The molecular formula is C7H10F3N3O. The molecule has 0 aliphatic rings. The van der Waals surface area contributed by atoms with Crippen LogP contribution >= 0.6 is 0 Å². The van der Waals surface area contributed by atoms with Gasteiger partial charge in [-0.2, -0.15) is 18.2 Å². The van der Waals surface area contributed by atoms with Gasteiger partial charge in [-0.15, -0.1) is 0 Å². The van der Waals surface area contributed by atoms with Gasteiger partial charge >= 0.3 is 6.18 Å². The van der Waals surface area contributed by atoms with E-state index >= 15 is 0 Å².